The van der Waals surface area contributed by atoms with Gasteiger partial charge >= 0.3 is 5.97 Å². The summed E-state index contributed by atoms with van der Waals surface area (Å²) in [4.78, 5) is 11.8. The number of allylic oxidation sites excluding steroid dienone is 3. The number of rotatable bonds is 3. The Hall–Kier alpha value is -1.24. The topological polar surface area (TPSA) is 46.5 Å². The van der Waals surface area contributed by atoms with Crippen LogP contribution in [0.15, 0.2) is 35.9 Å². The SMILES string of the molecule is Cc1cc(C2=C(C=C[C@H]3C[C@H](O)CC(=O)O3)C(C)(C)CC3(C2)SCC(C)(C)CS3)ccc1F. The van der Waals surface area contributed by atoms with E-state index in [0.717, 1.165) is 29.9 Å². The molecule has 0 aromatic heterocycles. The fourth-order valence-corrected chi connectivity index (χ4v) is 8.84. The number of thioether (sulfide) groups is 2. The zero-order valence-corrected chi connectivity index (χ0v) is 21.9. The molecule has 180 valence electrons. The van der Waals surface area contributed by atoms with Crippen molar-refractivity contribution in [3.05, 3.63) is 52.9 Å². The van der Waals surface area contributed by atoms with Crippen LogP contribution in [0.4, 0.5) is 4.39 Å². The van der Waals surface area contributed by atoms with Gasteiger partial charge in [-0.25, -0.2) is 4.39 Å². The Balaban J connectivity index is 1.75. The van der Waals surface area contributed by atoms with Gasteiger partial charge in [0.15, 0.2) is 0 Å². The Morgan fingerprint density at radius 1 is 1.18 bits per heavy atom. The number of benzene rings is 1. The zero-order chi connectivity index (χ0) is 24.0. The van der Waals surface area contributed by atoms with Crippen molar-refractivity contribution in [3.8, 4) is 0 Å². The first-order valence-corrected chi connectivity index (χ1v) is 13.7. The van der Waals surface area contributed by atoms with Crippen molar-refractivity contribution in [1.29, 1.82) is 0 Å². The molecule has 3 aliphatic rings. The van der Waals surface area contributed by atoms with E-state index in [-0.39, 0.29) is 27.7 Å². The minimum Gasteiger partial charge on any atom is -0.458 e. The lowest BCUT2D eigenvalue weighted by atomic mass is 9.70. The predicted molar refractivity (Wildman–Crippen MR) is 137 cm³/mol. The van der Waals surface area contributed by atoms with E-state index in [9.17, 15) is 14.3 Å². The molecule has 2 saturated heterocycles. The van der Waals surface area contributed by atoms with Gasteiger partial charge in [-0.05, 0) is 71.1 Å². The Morgan fingerprint density at radius 2 is 1.88 bits per heavy atom. The third kappa shape index (κ3) is 5.54. The summed E-state index contributed by atoms with van der Waals surface area (Å²) in [5.41, 5.74) is 4.38. The Kier molecular flexibility index (Phi) is 6.85. The molecule has 1 aromatic rings. The summed E-state index contributed by atoms with van der Waals surface area (Å²) in [6.07, 6.45) is 5.39. The molecule has 0 bridgehead atoms. The largest absolute Gasteiger partial charge is 0.458 e. The van der Waals surface area contributed by atoms with Crippen molar-refractivity contribution in [2.24, 2.45) is 10.8 Å². The van der Waals surface area contributed by atoms with E-state index in [1.807, 2.05) is 25.1 Å². The molecular formula is C27H35FO3S2. The summed E-state index contributed by atoms with van der Waals surface area (Å²) < 4.78 is 19.7. The highest BCUT2D eigenvalue weighted by Crippen LogP contribution is 2.61. The van der Waals surface area contributed by atoms with Crippen molar-refractivity contribution < 1.29 is 19.0 Å². The molecule has 4 rings (SSSR count). The average Bonchev–Trinajstić information content (AvgIpc) is 2.70. The maximum atomic E-state index is 14.1. The molecule has 2 aliphatic heterocycles. The number of aryl methyl sites for hydroxylation is 1. The second kappa shape index (κ2) is 9.09. The van der Waals surface area contributed by atoms with E-state index in [1.54, 1.807) is 6.07 Å². The number of ether oxygens (including phenoxy) is 1. The molecule has 3 nitrogen and oxygen atoms in total. The van der Waals surface area contributed by atoms with E-state index in [0.29, 0.717) is 17.4 Å². The molecule has 6 heteroatoms. The summed E-state index contributed by atoms with van der Waals surface area (Å²) in [5, 5.41) is 10.00. The molecule has 33 heavy (non-hydrogen) atoms. The van der Waals surface area contributed by atoms with Crippen LogP contribution in [0, 0.1) is 23.6 Å². The number of hydrogen-bond donors (Lipinski definition) is 1. The first-order chi connectivity index (χ1) is 15.4. The summed E-state index contributed by atoms with van der Waals surface area (Å²) in [6, 6.07) is 5.42. The average molecular weight is 491 g/mol. The molecular weight excluding hydrogens is 455 g/mol. The molecule has 0 radical (unpaired) electrons. The Labute approximate surface area is 205 Å². The molecule has 0 saturated carbocycles. The highest BCUT2D eigenvalue weighted by Gasteiger charge is 2.48. The van der Waals surface area contributed by atoms with E-state index in [2.05, 4.69) is 57.3 Å². The van der Waals surface area contributed by atoms with Gasteiger partial charge in [-0.15, -0.1) is 23.5 Å². The molecule has 0 amide bonds. The number of esters is 1. The molecule has 1 aromatic carbocycles. The van der Waals surface area contributed by atoms with Crippen LogP contribution in [0.5, 0.6) is 0 Å². The monoisotopic (exact) mass is 490 g/mol. The Bertz CT molecular complexity index is 985. The molecule has 2 atom stereocenters. The summed E-state index contributed by atoms with van der Waals surface area (Å²) in [7, 11) is 0. The van der Waals surface area contributed by atoms with Gasteiger partial charge in [0.05, 0.1) is 16.6 Å². The summed E-state index contributed by atoms with van der Waals surface area (Å²) >= 11 is 4.16. The molecule has 1 spiro atoms. The smallest absolute Gasteiger partial charge is 0.309 e. The van der Waals surface area contributed by atoms with Gasteiger partial charge in [-0.1, -0.05) is 39.8 Å². The van der Waals surface area contributed by atoms with Crippen LogP contribution in [-0.2, 0) is 9.53 Å². The minimum atomic E-state index is -0.657. The van der Waals surface area contributed by atoms with Crippen molar-refractivity contribution in [2.45, 2.75) is 76.6 Å². The van der Waals surface area contributed by atoms with Gasteiger partial charge < -0.3 is 9.84 Å². The van der Waals surface area contributed by atoms with Crippen molar-refractivity contribution >= 4 is 35.1 Å². The van der Waals surface area contributed by atoms with Gasteiger partial charge in [0, 0.05) is 17.9 Å². The molecule has 1 aliphatic carbocycles. The van der Waals surface area contributed by atoms with Gasteiger partial charge in [0.2, 0.25) is 0 Å². The minimum absolute atomic E-state index is 0.0615. The fraction of sp³-hybridized carbons (Fsp3) is 0.593. The fourth-order valence-electron chi connectivity index (χ4n) is 5.09. The van der Waals surface area contributed by atoms with Crippen LogP contribution in [0.1, 0.15) is 64.5 Å². The zero-order valence-electron chi connectivity index (χ0n) is 20.2. The maximum absolute atomic E-state index is 14.1. The summed E-state index contributed by atoms with van der Waals surface area (Å²) in [5.74, 6) is 1.72. The third-order valence-electron chi connectivity index (χ3n) is 6.84. The molecule has 2 fully saturated rings. The lowest BCUT2D eigenvalue weighted by Crippen LogP contribution is -2.41. The predicted octanol–water partition coefficient (Wildman–Crippen LogP) is 6.53. The van der Waals surface area contributed by atoms with E-state index >= 15 is 0 Å². The number of carbonyl (C=O) groups excluding carboxylic acids is 1. The number of aliphatic hydroxyl groups excluding tert-OH is 1. The highest BCUT2D eigenvalue weighted by atomic mass is 32.2. The van der Waals surface area contributed by atoms with Crippen LogP contribution in [0.2, 0.25) is 0 Å². The number of hydrogen-bond acceptors (Lipinski definition) is 5. The van der Waals surface area contributed by atoms with Gasteiger partial charge in [-0.2, -0.15) is 0 Å². The van der Waals surface area contributed by atoms with Gasteiger partial charge in [0.1, 0.15) is 11.9 Å². The number of aliphatic hydroxyl groups is 1. The highest BCUT2D eigenvalue weighted by molar-refractivity contribution is 8.18. The van der Waals surface area contributed by atoms with Crippen molar-refractivity contribution in [1.82, 2.24) is 0 Å². The number of cyclic esters (lactones) is 1. The van der Waals surface area contributed by atoms with Gasteiger partial charge in [-0.3, -0.25) is 4.79 Å². The van der Waals surface area contributed by atoms with Crippen molar-refractivity contribution in [3.63, 3.8) is 0 Å². The van der Waals surface area contributed by atoms with Crippen LogP contribution in [-0.4, -0.2) is 38.9 Å². The normalized spacial score (nSPS) is 28.9. The molecule has 2 heterocycles. The first-order valence-electron chi connectivity index (χ1n) is 11.7. The number of carbonyl (C=O) groups is 1. The molecule has 1 N–H and O–H groups in total. The van der Waals surface area contributed by atoms with Crippen LogP contribution in [0.25, 0.3) is 5.57 Å². The van der Waals surface area contributed by atoms with Crippen LogP contribution < -0.4 is 0 Å². The second-order valence-corrected chi connectivity index (χ2v) is 14.2. The quantitative estimate of drug-likeness (QED) is 0.488. The Morgan fingerprint density at radius 3 is 2.52 bits per heavy atom. The van der Waals surface area contributed by atoms with Gasteiger partial charge in [0.25, 0.3) is 0 Å². The first kappa shape index (κ1) is 24.9. The van der Waals surface area contributed by atoms with E-state index in [4.69, 9.17) is 4.74 Å². The van der Waals surface area contributed by atoms with E-state index in [1.165, 1.54) is 11.1 Å². The second-order valence-electron chi connectivity index (χ2n) is 11.2. The lowest BCUT2D eigenvalue weighted by Gasteiger charge is -2.50. The number of halogens is 1. The van der Waals surface area contributed by atoms with Crippen LogP contribution in [0.3, 0.4) is 0 Å². The lowest BCUT2D eigenvalue weighted by molar-refractivity contribution is -0.156. The third-order valence-corrected chi connectivity index (χ3v) is 11.0. The van der Waals surface area contributed by atoms with Crippen molar-refractivity contribution in [2.75, 3.05) is 11.5 Å². The standard InChI is InChI=1S/C27H35FO3S2/c1-17-10-18(6-9-23(17)28)21-13-27(32-15-25(2,3)16-33-27)14-26(4,5)22(21)8-7-20-11-19(29)12-24(30)31-20/h6-10,19-20,29H,11-16H2,1-5H3/t19-,20-/m0/s1. The summed E-state index contributed by atoms with van der Waals surface area (Å²) in [6.45, 7) is 11.1. The van der Waals surface area contributed by atoms with Crippen LogP contribution >= 0.6 is 23.5 Å². The molecule has 0 unspecified atom stereocenters. The maximum Gasteiger partial charge on any atom is 0.309 e. The van der Waals surface area contributed by atoms with E-state index < -0.39 is 12.2 Å².